The normalized spacial score (nSPS) is 12.4. The van der Waals surface area contributed by atoms with Gasteiger partial charge < -0.3 is 20.7 Å². The molecule has 3 rings (SSSR count). The maximum Gasteiger partial charge on any atom is 0.319 e. The predicted molar refractivity (Wildman–Crippen MR) is 92.9 cm³/mol. The molecule has 3 N–H and O–H groups in total. The number of anilines is 2. The number of ether oxygens (including phenoxy) is 1. The van der Waals surface area contributed by atoms with Crippen molar-refractivity contribution >= 4 is 23.3 Å². The number of hydrogen-bond acceptors (Lipinski definition) is 3. The number of benzene rings is 2. The number of rotatable bonds is 2. The number of carbonyl (C=O) groups is 2. The highest BCUT2D eigenvalue weighted by Crippen LogP contribution is 2.37. The highest BCUT2D eigenvalue weighted by molar-refractivity contribution is 6.09. The summed E-state index contributed by atoms with van der Waals surface area (Å²) in [5, 5.41) is 8.28. The van der Waals surface area contributed by atoms with Crippen LogP contribution in [0.1, 0.15) is 29.8 Å². The van der Waals surface area contributed by atoms with E-state index in [0.717, 1.165) is 5.56 Å². The molecule has 6 heteroatoms. The van der Waals surface area contributed by atoms with E-state index in [1.807, 2.05) is 39.0 Å². The summed E-state index contributed by atoms with van der Waals surface area (Å²) in [7, 11) is 0. The Hall–Kier alpha value is -3.02. The van der Waals surface area contributed by atoms with Gasteiger partial charge in [-0.3, -0.25) is 4.79 Å². The number of fused-ring (bicyclic) bond motifs is 2. The molecule has 0 saturated carbocycles. The van der Waals surface area contributed by atoms with Gasteiger partial charge in [0.1, 0.15) is 5.75 Å². The Morgan fingerprint density at radius 1 is 1.12 bits per heavy atom. The second kappa shape index (κ2) is 6.23. The minimum absolute atomic E-state index is 0.0233. The van der Waals surface area contributed by atoms with Crippen LogP contribution in [0.3, 0.4) is 0 Å². The molecule has 0 radical (unpaired) electrons. The van der Waals surface area contributed by atoms with Crippen LogP contribution in [0.15, 0.2) is 36.4 Å². The minimum atomic E-state index is -0.321. The molecule has 0 spiro atoms. The predicted octanol–water partition coefficient (Wildman–Crippen LogP) is 3.88. The highest BCUT2D eigenvalue weighted by Gasteiger charge is 2.21. The van der Waals surface area contributed by atoms with E-state index in [1.54, 1.807) is 18.2 Å². The van der Waals surface area contributed by atoms with Crippen molar-refractivity contribution in [1.82, 2.24) is 5.32 Å². The Labute approximate surface area is 140 Å². The second-order valence-corrected chi connectivity index (χ2v) is 6.02. The van der Waals surface area contributed by atoms with E-state index in [-0.39, 0.29) is 18.0 Å². The van der Waals surface area contributed by atoms with E-state index < -0.39 is 0 Å². The molecular weight excluding hydrogens is 306 g/mol. The van der Waals surface area contributed by atoms with Crippen molar-refractivity contribution in [2.45, 2.75) is 26.8 Å². The van der Waals surface area contributed by atoms with E-state index in [1.165, 1.54) is 0 Å². The average Bonchev–Trinajstić information content (AvgIpc) is 2.62. The van der Waals surface area contributed by atoms with Crippen molar-refractivity contribution in [3.63, 3.8) is 0 Å². The Morgan fingerprint density at radius 3 is 2.62 bits per heavy atom. The summed E-state index contributed by atoms with van der Waals surface area (Å²) < 4.78 is 5.84. The lowest BCUT2D eigenvalue weighted by atomic mass is 10.1. The molecule has 0 aromatic heterocycles. The molecule has 1 heterocycles. The summed E-state index contributed by atoms with van der Waals surface area (Å²) >= 11 is 0. The third-order valence-electron chi connectivity index (χ3n) is 3.51. The van der Waals surface area contributed by atoms with Gasteiger partial charge in [0.2, 0.25) is 0 Å². The Balaban J connectivity index is 1.88. The molecular formula is C18H19N3O3. The molecule has 0 saturated heterocycles. The van der Waals surface area contributed by atoms with Gasteiger partial charge in [-0.05, 0) is 56.7 Å². The van der Waals surface area contributed by atoms with Gasteiger partial charge >= 0.3 is 6.03 Å². The first-order chi connectivity index (χ1) is 11.4. The molecule has 0 bridgehead atoms. The second-order valence-electron chi connectivity index (χ2n) is 6.02. The number of aryl methyl sites for hydroxylation is 1. The Bertz CT molecular complexity index is 815. The fraction of sp³-hybridized carbons (Fsp3) is 0.222. The summed E-state index contributed by atoms with van der Waals surface area (Å²) in [6.07, 6.45) is 0. The maximum absolute atomic E-state index is 12.5. The van der Waals surface area contributed by atoms with E-state index in [0.29, 0.717) is 28.4 Å². The SMILES string of the molecule is Cc1ccc2c(c1)NC(=O)c1cc(NC(=O)NC(C)C)ccc1O2. The smallest absolute Gasteiger partial charge is 0.319 e. The van der Waals surface area contributed by atoms with Gasteiger partial charge in [0.05, 0.1) is 11.3 Å². The average molecular weight is 325 g/mol. The number of amides is 3. The van der Waals surface area contributed by atoms with Crippen LogP contribution in [0.2, 0.25) is 0 Å². The lowest BCUT2D eigenvalue weighted by Gasteiger charge is -2.12. The van der Waals surface area contributed by atoms with Crippen LogP contribution >= 0.6 is 0 Å². The molecule has 24 heavy (non-hydrogen) atoms. The Morgan fingerprint density at radius 2 is 1.88 bits per heavy atom. The van der Waals surface area contributed by atoms with Crippen molar-refractivity contribution in [1.29, 1.82) is 0 Å². The molecule has 2 aromatic carbocycles. The van der Waals surface area contributed by atoms with Crippen LogP contribution in [0.25, 0.3) is 0 Å². The van der Waals surface area contributed by atoms with E-state index >= 15 is 0 Å². The number of carbonyl (C=O) groups excluding carboxylic acids is 2. The number of urea groups is 1. The Kier molecular flexibility index (Phi) is 4.12. The van der Waals surface area contributed by atoms with Crippen molar-refractivity contribution < 1.29 is 14.3 Å². The summed E-state index contributed by atoms with van der Waals surface area (Å²) in [5.41, 5.74) is 2.54. The summed E-state index contributed by atoms with van der Waals surface area (Å²) in [6, 6.07) is 10.3. The fourth-order valence-corrected chi connectivity index (χ4v) is 2.44. The summed E-state index contributed by atoms with van der Waals surface area (Å²) in [6.45, 7) is 5.69. The molecule has 1 aliphatic rings. The van der Waals surface area contributed by atoms with Crippen LogP contribution in [0.4, 0.5) is 16.2 Å². The van der Waals surface area contributed by atoms with Gasteiger partial charge in [0.15, 0.2) is 5.75 Å². The van der Waals surface area contributed by atoms with E-state index in [4.69, 9.17) is 4.74 Å². The zero-order chi connectivity index (χ0) is 17.3. The topological polar surface area (TPSA) is 79.5 Å². The molecule has 0 unspecified atom stereocenters. The number of hydrogen-bond donors (Lipinski definition) is 3. The fourth-order valence-electron chi connectivity index (χ4n) is 2.44. The van der Waals surface area contributed by atoms with Crippen LogP contribution < -0.4 is 20.7 Å². The zero-order valence-electron chi connectivity index (χ0n) is 13.8. The molecule has 6 nitrogen and oxygen atoms in total. The van der Waals surface area contributed by atoms with Gasteiger partial charge in [-0.15, -0.1) is 0 Å². The maximum atomic E-state index is 12.5. The molecule has 0 atom stereocenters. The van der Waals surface area contributed by atoms with Crippen molar-refractivity contribution in [2.75, 3.05) is 10.6 Å². The highest BCUT2D eigenvalue weighted by atomic mass is 16.5. The van der Waals surface area contributed by atoms with Gasteiger partial charge in [-0.2, -0.15) is 0 Å². The van der Waals surface area contributed by atoms with Gasteiger partial charge in [0.25, 0.3) is 5.91 Å². The van der Waals surface area contributed by atoms with Crippen molar-refractivity contribution in [3.8, 4) is 11.5 Å². The molecule has 124 valence electrons. The lowest BCUT2D eigenvalue weighted by molar-refractivity contribution is 0.102. The molecule has 2 aromatic rings. The summed E-state index contributed by atoms with van der Waals surface area (Å²) in [4.78, 5) is 24.3. The quantitative estimate of drug-likeness (QED) is 0.784. The minimum Gasteiger partial charge on any atom is -0.454 e. The molecule has 0 fully saturated rings. The molecule has 0 aliphatic carbocycles. The van der Waals surface area contributed by atoms with Gasteiger partial charge in [-0.25, -0.2) is 4.79 Å². The van der Waals surface area contributed by atoms with Gasteiger partial charge in [-0.1, -0.05) is 6.07 Å². The third-order valence-corrected chi connectivity index (χ3v) is 3.51. The van der Waals surface area contributed by atoms with Gasteiger partial charge in [0, 0.05) is 11.7 Å². The number of nitrogens with one attached hydrogen (secondary N) is 3. The van der Waals surface area contributed by atoms with Crippen LogP contribution in [0, 0.1) is 6.92 Å². The summed E-state index contributed by atoms with van der Waals surface area (Å²) in [5.74, 6) is 0.762. The standard InChI is InChI=1S/C18H19N3O3/c1-10(2)19-18(23)20-12-5-7-15-13(9-12)17(22)21-14-8-11(3)4-6-16(14)24-15/h4-10H,1-3H3,(H,21,22)(H2,19,20,23). The van der Waals surface area contributed by atoms with Crippen LogP contribution in [-0.4, -0.2) is 18.0 Å². The largest absolute Gasteiger partial charge is 0.454 e. The monoisotopic (exact) mass is 325 g/mol. The molecule has 3 amide bonds. The first-order valence-electron chi connectivity index (χ1n) is 7.74. The zero-order valence-corrected chi connectivity index (χ0v) is 13.8. The van der Waals surface area contributed by atoms with E-state index in [2.05, 4.69) is 16.0 Å². The van der Waals surface area contributed by atoms with Crippen molar-refractivity contribution in [2.24, 2.45) is 0 Å². The van der Waals surface area contributed by atoms with Crippen LogP contribution in [0.5, 0.6) is 11.5 Å². The van der Waals surface area contributed by atoms with E-state index in [9.17, 15) is 9.59 Å². The van der Waals surface area contributed by atoms with Crippen LogP contribution in [-0.2, 0) is 0 Å². The first kappa shape index (κ1) is 15.9. The lowest BCUT2D eigenvalue weighted by Crippen LogP contribution is -2.34. The first-order valence-corrected chi connectivity index (χ1v) is 7.74. The molecule has 1 aliphatic heterocycles. The third kappa shape index (κ3) is 3.32. The van der Waals surface area contributed by atoms with Crippen molar-refractivity contribution in [3.05, 3.63) is 47.5 Å².